The second-order valence-electron chi connectivity index (χ2n) is 10.0. The van der Waals surface area contributed by atoms with E-state index in [9.17, 15) is 9.59 Å². The zero-order valence-corrected chi connectivity index (χ0v) is 24.9. The highest BCUT2D eigenvalue weighted by atomic mass is 16.5. The molecule has 0 heterocycles. The molecular formula is C31H46N4O5. The summed E-state index contributed by atoms with van der Waals surface area (Å²) in [6, 6.07) is 12.8. The normalized spacial score (nSPS) is 11.2. The molecule has 0 saturated heterocycles. The smallest absolute Gasteiger partial charge is 0.260 e. The van der Waals surface area contributed by atoms with E-state index in [-0.39, 0.29) is 30.5 Å². The van der Waals surface area contributed by atoms with Crippen LogP contribution in [0.25, 0.3) is 0 Å². The number of carbonyl (C=O) groups is 2. The Hall–Kier alpha value is -3.75. The summed E-state index contributed by atoms with van der Waals surface area (Å²) in [5, 5.41) is 3.51. The fourth-order valence-electron chi connectivity index (χ4n) is 4.40. The van der Waals surface area contributed by atoms with Crippen LogP contribution in [-0.4, -0.2) is 72.8 Å². The predicted octanol–water partition coefficient (Wildman–Crippen LogP) is 5.11. The number of likely N-dealkylation sites (N-methyl/N-ethyl adjacent to an activating group) is 1. The minimum absolute atomic E-state index is 0.0162. The third-order valence-electron chi connectivity index (χ3n) is 6.43. The Kier molecular flexibility index (Phi) is 13.8. The Morgan fingerprint density at radius 2 is 1.43 bits per heavy atom. The average molecular weight is 555 g/mol. The number of carbonyl (C=O) groups excluding carboxylic acids is 2. The van der Waals surface area contributed by atoms with Gasteiger partial charge >= 0.3 is 0 Å². The van der Waals surface area contributed by atoms with Crippen molar-refractivity contribution >= 4 is 18.0 Å². The van der Waals surface area contributed by atoms with Crippen molar-refractivity contribution in [3.63, 3.8) is 0 Å². The summed E-state index contributed by atoms with van der Waals surface area (Å²) < 4.78 is 17.7. The molecular weight excluding hydrogens is 508 g/mol. The number of benzene rings is 2. The molecule has 40 heavy (non-hydrogen) atoms. The van der Waals surface area contributed by atoms with Crippen LogP contribution in [-0.2, 0) is 4.79 Å². The molecule has 0 aliphatic rings. The van der Waals surface area contributed by atoms with Gasteiger partial charge in [-0.2, -0.15) is 5.10 Å². The maximum atomic E-state index is 13.4. The summed E-state index contributed by atoms with van der Waals surface area (Å²) in [5.74, 6) is 6.66. The zero-order valence-electron chi connectivity index (χ0n) is 24.9. The molecule has 0 spiro atoms. The van der Waals surface area contributed by atoms with Crippen LogP contribution in [0.5, 0.6) is 17.2 Å². The Morgan fingerprint density at radius 3 is 1.98 bits per heavy atom. The number of hydrogen-bond acceptors (Lipinski definition) is 7. The van der Waals surface area contributed by atoms with Gasteiger partial charge in [-0.3, -0.25) is 9.59 Å². The van der Waals surface area contributed by atoms with Crippen LogP contribution in [0.4, 0.5) is 0 Å². The third-order valence-corrected chi connectivity index (χ3v) is 6.43. The van der Waals surface area contributed by atoms with E-state index < -0.39 is 0 Å². The van der Waals surface area contributed by atoms with E-state index in [0.29, 0.717) is 43.4 Å². The summed E-state index contributed by atoms with van der Waals surface area (Å²) in [4.78, 5) is 29.5. The number of hydrazone groups is 1. The van der Waals surface area contributed by atoms with E-state index in [0.717, 1.165) is 30.6 Å². The van der Waals surface area contributed by atoms with Gasteiger partial charge in [0, 0.05) is 31.2 Å². The van der Waals surface area contributed by atoms with Gasteiger partial charge in [0.2, 0.25) is 0 Å². The molecule has 2 amide bonds. The summed E-state index contributed by atoms with van der Waals surface area (Å²) >= 11 is 0. The first-order chi connectivity index (χ1) is 19.2. The lowest BCUT2D eigenvalue weighted by atomic mass is 10.1. The quantitative estimate of drug-likeness (QED) is 0.126. The minimum Gasteiger partial charge on any atom is -0.494 e. The first kappa shape index (κ1) is 32.5. The van der Waals surface area contributed by atoms with Gasteiger partial charge in [-0.1, -0.05) is 0 Å². The largest absolute Gasteiger partial charge is 0.494 e. The van der Waals surface area contributed by atoms with E-state index >= 15 is 0 Å². The van der Waals surface area contributed by atoms with Gasteiger partial charge in [-0.05, 0) is 103 Å². The summed E-state index contributed by atoms with van der Waals surface area (Å²) in [6.45, 7) is 14.0. The topological polar surface area (TPSA) is 107 Å². The maximum Gasteiger partial charge on any atom is 0.260 e. The van der Waals surface area contributed by atoms with Crippen molar-refractivity contribution in [3.8, 4) is 17.2 Å². The number of nitrogens with zero attached hydrogens (tertiary/aromatic N) is 3. The van der Waals surface area contributed by atoms with Crippen LogP contribution >= 0.6 is 0 Å². The Labute approximate surface area is 239 Å². The van der Waals surface area contributed by atoms with Crippen molar-refractivity contribution in [1.29, 1.82) is 0 Å². The monoisotopic (exact) mass is 554 g/mol. The molecule has 0 atom stereocenters. The zero-order chi connectivity index (χ0) is 29.5. The van der Waals surface area contributed by atoms with Crippen LogP contribution in [0, 0.1) is 0 Å². The third kappa shape index (κ3) is 10.1. The van der Waals surface area contributed by atoms with Crippen LogP contribution in [0.3, 0.4) is 0 Å². The number of ether oxygens (including phenoxy) is 3. The standard InChI is InChI=1S/C31H46N4O5/c1-7-34(8-2)30(36)22-40-29-20-27(16-17-28(29)31(37)35(23(3)4)24(5)6)39-19-11-9-10-18-38-26-14-12-25(13-15-26)21-33-32/h12-17,20-21,23-24H,7-11,18-19,22,32H2,1-6H3. The first-order valence-electron chi connectivity index (χ1n) is 14.2. The molecule has 0 radical (unpaired) electrons. The van der Waals surface area contributed by atoms with Gasteiger partial charge in [-0.15, -0.1) is 0 Å². The fraction of sp³-hybridized carbons (Fsp3) is 0.516. The first-order valence-corrected chi connectivity index (χ1v) is 14.2. The fourth-order valence-corrected chi connectivity index (χ4v) is 4.40. The van der Waals surface area contributed by atoms with Crippen LogP contribution in [0.1, 0.15) is 76.7 Å². The highest BCUT2D eigenvalue weighted by molar-refractivity contribution is 5.97. The molecule has 2 N–H and O–H groups in total. The highest BCUT2D eigenvalue weighted by Crippen LogP contribution is 2.28. The van der Waals surface area contributed by atoms with Gasteiger partial charge in [0.05, 0.1) is 25.0 Å². The van der Waals surface area contributed by atoms with E-state index in [1.54, 1.807) is 34.2 Å². The van der Waals surface area contributed by atoms with Crippen LogP contribution in [0.15, 0.2) is 47.6 Å². The van der Waals surface area contributed by atoms with Gasteiger partial charge < -0.3 is 29.9 Å². The van der Waals surface area contributed by atoms with Crippen LogP contribution < -0.4 is 20.1 Å². The minimum atomic E-state index is -0.141. The second-order valence-corrected chi connectivity index (χ2v) is 10.0. The molecule has 9 nitrogen and oxygen atoms in total. The van der Waals surface area contributed by atoms with Crippen molar-refractivity contribution in [2.45, 2.75) is 72.9 Å². The lowest BCUT2D eigenvalue weighted by Crippen LogP contribution is -2.42. The second kappa shape index (κ2) is 17.0. The molecule has 0 fully saturated rings. The Morgan fingerprint density at radius 1 is 0.850 bits per heavy atom. The van der Waals surface area contributed by atoms with Gasteiger partial charge in [0.1, 0.15) is 17.2 Å². The van der Waals surface area contributed by atoms with E-state index in [1.165, 1.54) is 0 Å². The summed E-state index contributed by atoms with van der Waals surface area (Å²) in [7, 11) is 0. The maximum absolute atomic E-state index is 13.4. The number of rotatable bonds is 17. The van der Waals surface area contributed by atoms with Crippen molar-refractivity contribution in [2.75, 3.05) is 32.9 Å². The molecule has 2 aromatic rings. The molecule has 0 saturated carbocycles. The van der Waals surface area contributed by atoms with Crippen molar-refractivity contribution in [3.05, 3.63) is 53.6 Å². The highest BCUT2D eigenvalue weighted by Gasteiger charge is 2.25. The van der Waals surface area contributed by atoms with Gasteiger partial charge in [0.25, 0.3) is 11.8 Å². The van der Waals surface area contributed by atoms with Gasteiger partial charge in [0.15, 0.2) is 6.61 Å². The molecule has 9 heteroatoms. The van der Waals surface area contributed by atoms with Crippen LogP contribution in [0.2, 0.25) is 0 Å². The van der Waals surface area contributed by atoms with Crippen molar-refractivity contribution in [2.24, 2.45) is 10.9 Å². The molecule has 0 unspecified atom stereocenters. The lowest BCUT2D eigenvalue weighted by Gasteiger charge is -2.31. The van der Waals surface area contributed by atoms with E-state index in [2.05, 4.69) is 5.10 Å². The number of hydrogen-bond donors (Lipinski definition) is 1. The summed E-state index contributed by atoms with van der Waals surface area (Å²) in [5.41, 5.74) is 1.34. The molecule has 2 aromatic carbocycles. The van der Waals surface area contributed by atoms with E-state index in [1.807, 2.05) is 65.8 Å². The molecule has 220 valence electrons. The Balaban J connectivity index is 1.96. The van der Waals surface area contributed by atoms with Gasteiger partial charge in [-0.25, -0.2) is 0 Å². The van der Waals surface area contributed by atoms with Crippen molar-refractivity contribution in [1.82, 2.24) is 9.80 Å². The molecule has 2 rings (SSSR count). The molecule has 0 aromatic heterocycles. The lowest BCUT2D eigenvalue weighted by molar-refractivity contribution is -0.133. The predicted molar refractivity (Wildman–Crippen MR) is 159 cm³/mol. The Bertz CT molecular complexity index is 1070. The molecule has 0 aliphatic carbocycles. The SMILES string of the molecule is CCN(CC)C(=O)COc1cc(OCCCCCOc2ccc(C=NN)cc2)ccc1C(=O)N(C(C)C)C(C)C. The number of nitrogens with two attached hydrogens (primary N) is 1. The van der Waals surface area contributed by atoms with Crippen molar-refractivity contribution < 1.29 is 23.8 Å². The average Bonchev–Trinajstić information content (AvgIpc) is 2.92. The summed E-state index contributed by atoms with van der Waals surface area (Å²) in [6.07, 6.45) is 4.27. The van der Waals surface area contributed by atoms with E-state index in [4.69, 9.17) is 20.1 Å². The number of amides is 2. The molecule has 0 bridgehead atoms. The number of unbranched alkanes of at least 4 members (excludes halogenated alkanes) is 2. The molecule has 0 aliphatic heterocycles.